The van der Waals surface area contributed by atoms with Gasteiger partial charge in [0.1, 0.15) is 0 Å². The lowest BCUT2D eigenvalue weighted by atomic mass is 10.2. The third-order valence-corrected chi connectivity index (χ3v) is 6.63. The first-order chi connectivity index (χ1) is 10.9. The topological polar surface area (TPSA) is 27.7 Å². The molecule has 0 saturated heterocycles. The summed E-state index contributed by atoms with van der Waals surface area (Å²) in [6.07, 6.45) is 11.1. The molecule has 3 unspecified atom stereocenters. The second-order valence-electron chi connectivity index (χ2n) is 7.07. The lowest BCUT2D eigenvalue weighted by Gasteiger charge is -2.34. The largest absolute Gasteiger partial charge is 0.498 e. The summed E-state index contributed by atoms with van der Waals surface area (Å²) in [6, 6.07) is 0. The van der Waals surface area contributed by atoms with E-state index < -0.39 is 8.80 Å². The van der Waals surface area contributed by atoms with E-state index in [4.69, 9.17) is 13.3 Å². The lowest BCUT2D eigenvalue weighted by molar-refractivity contribution is -0.00946. The average Bonchev–Trinajstić information content (AvgIpc) is 2.48. The highest BCUT2D eigenvalue weighted by molar-refractivity contribution is 6.59. The normalized spacial score (nSPS) is 18.4. The maximum Gasteiger partial charge on any atom is 0.498 e. The van der Waals surface area contributed by atoms with E-state index in [0.29, 0.717) is 0 Å². The van der Waals surface area contributed by atoms with Crippen molar-refractivity contribution >= 4 is 8.80 Å². The van der Waals surface area contributed by atoms with Crippen molar-refractivity contribution in [3.05, 3.63) is 0 Å². The predicted octanol–water partition coefficient (Wildman–Crippen LogP) is 6.34. The molecule has 0 spiro atoms. The minimum absolute atomic E-state index is 0.211. The Morgan fingerprint density at radius 1 is 0.609 bits per heavy atom. The fourth-order valence-corrected chi connectivity index (χ4v) is 5.54. The minimum atomic E-state index is -2.59. The molecule has 0 aliphatic heterocycles. The van der Waals surface area contributed by atoms with Gasteiger partial charge in [-0.25, -0.2) is 0 Å². The van der Waals surface area contributed by atoms with Crippen LogP contribution in [0.4, 0.5) is 0 Å². The van der Waals surface area contributed by atoms with Crippen LogP contribution >= 0.6 is 0 Å². The third-order valence-electron chi connectivity index (χ3n) is 4.14. The summed E-state index contributed by atoms with van der Waals surface area (Å²) in [6.45, 7) is 15.2. The summed E-state index contributed by atoms with van der Waals surface area (Å²) in [4.78, 5) is 0. The summed E-state index contributed by atoms with van der Waals surface area (Å²) < 4.78 is 19.0. The average molecular weight is 347 g/mol. The van der Waals surface area contributed by atoms with Crippen molar-refractivity contribution in [1.82, 2.24) is 0 Å². The highest BCUT2D eigenvalue weighted by atomic mass is 28.4. The number of unbranched alkanes of at least 4 members (excludes halogenated alkanes) is 3. The zero-order valence-electron chi connectivity index (χ0n) is 16.8. The van der Waals surface area contributed by atoms with Crippen molar-refractivity contribution in [2.45, 2.75) is 124 Å². The van der Waals surface area contributed by atoms with Crippen LogP contribution in [-0.4, -0.2) is 27.1 Å². The van der Waals surface area contributed by atoms with Gasteiger partial charge in [0.05, 0.1) is 0 Å². The summed E-state index contributed by atoms with van der Waals surface area (Å²) in [5.41, 5.74) is 0. The van der Waals surface area contributed by atoms with E-state index in [1.165, 1.54) is 38.5 Å². The van der Waals surface area contributed by atoms with Crippen LogP contribution < -0.4 is 0 Å². The summed E-state index contributed by atoms with van der Waals surface area (Å²) >= 11 is 0. The van der Waals surface area contributed by atoms with Crippen molar-refractivity contribution in [3.63, 3.8) is 0 Å². The Labute approximate surface area is 146 Å². The molecule has 0 rings (SSSR count). The van der Waals surface area contributed by atoms with Gasteiger partial charge in [-0.1, -0.05) is 59.3 Å². The first kappa shape index (κ1) is 23.1. The second-order valence-corrected chi connectivity index (χ2v) is 9.51. The van der Waals surface area contributed by atoms with Crippen LogP contribution in [0.2, 0.25) is 6.55 Å². The summed E-state index contributed by atoms with van der Waals surface area (Å²) in [5.74, 6) is 0. The number of hydrogen-bond acceptors (Lipinski definition) is 3. The van der Waals surface area contributed by atoms with E-state index in [1.54, 1.807) is 0 Å². The second kappa shape index (κ2) is 13.4. The lowest BCUT2D eigenvalue weighted by Crippen LogP contribution is -2.49. The monoisotopic (exact) mass is 346 g/mol. The molecule has 0 radical (unpaired) electrons. The van der Waals surface area contributed by atoms with E-state index in [2.05, 4.69) is 48.1 Å². The molecular formula is C19H42O3Si. The van der Waals surface area contributed by atoms with Crippen LogP contribution in [0, 0.1) is 0 Å². The molecule has 0 aliphatic carbocycles. The molecule has 4 heteroatoms. The van der Waals surface area contributed by atoms with E-state index in [-0.39, 0.29) is 18.3 Å². The van der Waals surface area contributed by atoms with E-state index >= 15 is 0 Å². The standard InChI is InChI=1S/C19H42O3Si/c1-8-11-14-17(4)20-23(7,21-18(5)15-12-9-2)22-19(6)16-13-10-3/h17-19H,8-16H2,1-7H3. The molecule has 140 valence electrons. The van der Waals surface area contributed by atoms with Gasteiger partial charge in [0.25, 0.3) is 0 Å². The van der Waals surface area contributed by atoms with Crippen molar-refractivity contribution in [2.24, 2.45) is 0 Å². The van der Waals surface area contributed by atoms with Gasteiger partial charge in [-0.2, -0.15) is 0 Å². The Kier molecular flexibility index (Phi) is 13.5. The molecule has 0 aromatic rings. The summed E-state index contributed by atoms with van der Waals surface area (Å²) in [7, 11) is -2.59. The fraction of sp³-hybridized carbons (Fsp3) is 1.00. The molecule has 0 heterocycles. The van der Waals surface area contributed by atoms with Crippen molar-refractivity contribution in [2.75, 3.05) is 0 Å². The molecular weight excluding hydrogens is 304 g/mol. The first-order valence-electron chi connectivity index (χ1n) is 9.90. The van der Waals surface area contributed by atoms with Gasteiger partial charge in [0.15, 0.2) is 0 Å². The maximum atomic E-state index is 6.34. The summed E-state index contributed by atoms with van der Waals surface area (Å²) in [5, 5.41) is 0. The third kappa shape index (κ3) is 12.2. The van der Waals surface area contributed by atoms with Crippen molar-refractivity contribution in [3.8, 4) is 0 Å². The zero-order valence-corrected chi connectivity index (χ0v) is 17.8. The molecule has 3 atom stereocenters. The van der Waals surface area contributed by atoms with Crippen molar-refractivity contribution in [1.29, 1.82) is 0 Å². The van der Waals surface area contributed by atoms with Crippen LogP contribution in [-0.2, 0) is 13.3 Å². The Morgan fingerprint density at radius 2 is 0.870 bits per heavy atom. The Balaban J connectivity index is 4.66. The smallest absolute Gasteiger partial charge is 0.371 e. The van der Waals surface area contributed by atoms with E-state index in [1.807, 2.05) is 0 Å². The number of rotatable bonds is 15. The predicted molar refractivity (Wildman–Crippen MR) is 102 cm³/mol. The van der Waals surface area contributed by atoms with Gasteiger partial charge in [-0.15, -0.1) is 0 Å². The molecule has 0 aromatic heterocycles. The van der Waals surface area contributed by atoms with Gasteiger partial charge in [0, 0.05) is 24.9 Å². The quantitative estimate of drug-likeness (QED) is 0.324. The highest BCUT2D eigenvalue weighted by Crippen LogP contribution is 2.22. The van der Waals surface area contributed by atoms with Crippen LogP contribution in [0.15, 0.2) is 0 Å². The van der Waals surface area contributed by atoms with E-state index in [0.717, 1.165) is 19.3 Å². The SMILES string of the molecule is CCCCC(C)O[Si](C)(OC(C)CCCC)OC(C)CCCC. The first-order valence-corrected chi connectivity index (χ1v) is 12.1. The van der Waals surface area contributed by atoms with E-state index in [9.17, 15) is 0 Å². The maximum absolute atomic E-state index is 6.34. The van der Waals surface area contributed by atoms with Crippen LogP contribution in [0.5, 0.6) is 0 Å². The fourth-order valence-electron chi connectivity index (χ4n) is 2.83. The molecule has 23 heavy (non-hydrogen) atoms. The molecule has 0 fully saturated rings. The highest BCUT2D eigenvalue weighted by Gasteiger charge is 2.39. The minimum Gasteiger partial charge on any atom is -0.371 e. The van der Waals surface area contributed by atoms with Gasteiger partial charge >= 0.3 is 8.80 Å². The van der Waals surface area contributed by atoms with Crippen molar-refractivity contribution < 1.29 is 13.3 Å². The number of hydrogen-bond donors (Lipinski definition) is 0. The molecule has 3 nitrogen and oxygen atoms in total. The molecule has 0 aliphatic rings. The van der Waals surface area contributed by atoms with Crippen LogP contribution in [0.1, 0.15) is 99.3 Å². The molecule has 0 saturated carbocycles. The van der Waals surface area contributed by atoms with Crippen LogP contribution in [0.25, 0.3) is 0 Å². The molecule has 0 aromatic carbocycles. The van der Waals surface area contributed by atoms with Crippen LogP contribution in [0.3, 0.4) is 0 Å². The van der Waals surface area contributed by atoms with Gasteiger partial charge in [-0.05, 0) is 40.0 Å². The Bertz CT molecular complexity index is 233. The Morgan fingerprint density at radius 3 is 1.09 bits per heavy atom. The molecule has 0 bridgehead atoms. The Hall–Kier alpha value is 0.0969. The molecule has 0 N–H and O–H groups in total. The van der Waals surface area contributed by atoms with Gasteiger partial charge in [0.2, 0.25) is 0 Å². The molecule has 0 amide bonds. The van der Waals surface area contributed by atoms with Gasteiger partial charge in [-0.3, -0.25) is 0 Å². The zero-order chi connectivity index (χ0) is 17.7. The van der Waals surface area contributed by atoms with Gasteiger partial charge < -0.3 is 13.3 Å².